The van der Waals surface area contributed by atoms with Crippen LogP contribution in [0.2, 0.25) is 0 Å². The molecule has 148 valence electrons. The highest BCUT2D eigenvalue weighted by Crippen LogP contribution is 2.24. The van der Waals surface area contributed by atoms with Gasteiger partial charge in [0.15, 0.2) is 5.16 Å². The normalized spacial score (nSPS) is 11.0. The Bertz CT molecular complexity index is 896. The second-order valence-electron chi connectivity index (χ2n) is 6.39. The zero-order valence-electron chi connectivity index (χ0n) is 16.6. The number of rotatable bonds is 9. The second-order valence-corrected chi connectivity index (χ2v) is 8.37. The van der Waals surface area contributed by atoms with Crippen LogP contribution in [0.15, 0.2) is 40.9 Å². The Morgan fingerprint density at radius 1 is 1.11 bits per heavy atom. The molecule has 0 unspecified atom stereocenters. The maximum absolute atomic E-state index is 12.6. The first-order valence-corrected chi connectivity index (χ1v) is 11.5. The first-order chi connectivity index (χ1) is 13.7. The van der Waals surface area contributed by atoms with Crippen LogP contribution in [0.4, 0.5) is 5.69 Å². The van der Waals surface area contributed by atoms with E-state index in [4.69, 9.17) is 0 Å². The van der Waals surface area contributed by atoms with Crippen LogP contribution >= 0.6 is 23.1 Å². The highest BCUT2D eigenvalue weighted by Gasteiger charge is 2.15. The van der Waals surface area contributed by atoms with Gasteiger partial charge in [-0.2, -0.15) is 0 Å². The lowest BCUT2D eigenvalue weighted by Gasteiger charge is -2.14. The van der Waals surface area contributed by atoms with Crippen molar-refractivity contribution < 1.29 is 4.79 Å². The Morgan fingerprint density at radius 2 is 1.86 bits per heavy atom. The number of aryl methyl sites for hydroxylation is 2. The molecule has 0 spiro atoms. The molecule has 1 N–H and O–H groups in total. The quantitative estimate of drug-likeness (QED) is 0.511. The van der Waals surface area contributed by atoms with Gasteiger partial charge >= 0.3 is 0 Å². The largest absolute Gasteiger partial charge is 0.325 e. The van der Waals surface area contributed by atoms with Crippen LogP contribution in [0.1, 0.15) is 42.6 Å². The van der Waals surface area contributed by atoms with E-state index in [-0.39, 0.29) is 5.91 Å². The average Bonchev–Trinajstić information content (AvgIpc) is 3.36. The fourth-order valence-electron chi connectivity index (χ4n) is 3.15. The monoisotopic (exact) mass is 414 g/mol. The number of nitrogens with zero attached hydrogens (tertiary/aromatic N) is 3. The van der Waals surface area contributed by atoms with Gasteiger partial charge in [0.25, 0.3) is 0 Å². The van der Waals surface area contributed by atoms with E-state index in [1.54, 1.807) is 11.3 Å². The van der Waals surface area contributed by atoms with E-state index in [0.29, 0.717) is 5.75 Å². The summed E-state index contributed by atoms with van der Waals surface area (Å²) in [5.41, 5.74) is 3.31. The summed E-state index contributed by atoms with van der Waals surface area (Å²) < 4.78 is 2.09. The standard InChI is InChI=1S/C21H26N4OS2/c1-4-15-9-7-10-16(5-2)20(15)22-19(26)14-28-21-24-23-18(25(21)6-3)13-17-11-8-12-27-17/h7-12H,4-6,13-14H2,1-3H3,(H,22,26). The molecule has 3 aromatic rings. The molecule has 0 saturated carbocycles. The van der Waals surface area contributed by atoms with Gasteiger partial charge in [-0.1, -0.05) is 49.9 Å². The number of amides is 1. The van der Waals surface area contributed by atoms with Crippen molar-refractivity contribution in [3.8, 4) is 0 Å². The van der Waals surface area contributed by atoms with Gasteiger partial charge in [0, 0.05) is 23.5 Å². The van der Waals surface area contributed by atoms with Crippen LogP contribution in [-0.4, -0.2) is 26.4 Å². The van der Waals surface area contributed by atoms with Gasteiger partial charge in [-0.3, -0.25) is 4.79 Å². The third-order valence-corrected chi connectivity index (χ3v) is 6.46. The number of carbonyl (C=O) groups excluding carboxylic acids is 1. The minimum Gasteiger partial charge on any atom is -0.325 e. The summed E-state index contributed by atoms with van der Waals surface area (Å²) >= 11 is 3.16. The van der Waals surface area contributed by atoms with Crippen molar-refractivity contribution in [2.75, 3.05) is 11.1 Å². The number of carbonyl (C=O) groups is 1. The zero-order valence-corrected chi connectivity index (χ0v) is 18.2. The Labute approximate surface area is 174 Å². The average molecular weight is 415 g/mol. The SMILES string of the molecule is CCc1cccc(CC)c1NC(=O)CSc1nnc(Cc2cccs2)n1CC. The maximum atomic E-state index is 12.6. The van der Waals surface area contributed by atoms with Crippen molar-refractivity contribution in [2.24, 2.45) is 0 Å². The number of thioether (sulfide) groups is 1. The van der Waals surface area contributed by atoms with Gasteiger partial charge < -0.3 is 9.88 Å². The summed E-state index contributed by atoms with van der Waals surface area (Å²) in [7, 11) is 0. The molecular formula is C21H26N4OS2. The van der Waals surface area contributed by atoms with E-state index in [2.05, 4.69) is 70.5 Å². The topological polar surface area (TPSA) is 59.8 Å². The molecule has 0 fully saturated rings. The molecule has 5 nitrogen and oxygen atoms in total. The van der Waals surface area contributed by atoms with Crippen LogP contribution in [0, 0.1) is 0 Å². The minimum atomic E-state index is -0.00828. The smallest absolute Gasteiger partial charge is 0.234 e. The number of aromatic nitrogens is 3. The summed E-state index contributed by atoms with van der Waals surface area (Å²) in [4.78, 5) is 13.9. The van der Waals surface area contributed by atoms with Gasteiger partial charge in [-0.05, 0) is 42.3 Å². The molecule has 28 heavy (non-hydrogen) atoms. The van der Waals surface area contributed by atoms with Crippen molar-refractivity contribution in [1.82, 2.24) is 14.8 Å². The lowest BCUT2D eigenvalue weighted by atomic mass is 10.0. The molecular weight excluding hydrogens is 388 g/mol. The highest BCUT2D eigenvalue weighted by molar-refractivity contribution is 7.99. The van der Waals surface area contributed by atoms with Crippen molar-refractivity contribution in [1.29, 1.82) is 0 Å². The predicted molar refractivity (Wildman–Crippen MR) is 117 cm³/mol. The zero-order chi connectivity index (χ0) is 19.9. The first-order valence-electron chi connectivity index (χ1n) is 9.64. The predicted octanol–water partition coefficient (Wildman–Crippen LogP) is 4.81. The Balaban J connectivity index is 1.66. The number of benzene rings is 1. The van der Waals surface area contributed by atoms with Gasteiger partial charge in [-0.25, -0.2) is 0 Å². The molecule has 0 saturated heterocycles. The molecule has 0 aliphatic rings. The van der Waals surface area contributed by atoms with Gasteiger partial charge in [-0.15, -0.1) is 21.5 Å². The Kier molecular flexibility index (Phi) is 7.28. The molecule has 2 heterocycles. The third-order valence-electron chi connectivity index (χ3n) is 4.62. The number of nitrogens with one attached hydrogen (secondary N) is 1. The van der Waals surface area contributed by atoms with E-state index in [1.807, 2.05) is 6.07 Å². The Morgan fingerprint density at radius 3 is 2.46 bits per heavy atom. The molecule has 0 atom stereocenters. The van der Waals surface area contributed by atoms with Crippen molar-refractivity contribution in [2.45, 2.75) is 51.7 Å². The lowest BCUT2D eigenvalue weighted by Crippen LogP contribution is -2.17. The van der Waals surface area contributed by atoms with E-state index in [0.717, 1.165) is 42.5 Å². The van der Waals surface area contributed by atoms with Crippen molar-refractivity contribution >= 4 is 34.7 Å². The molecule has 3 rings (SSSR count). The van der Waals surface area contributed by atoms with Crippen LogP contribution in [0.3, 0.4) is 0 Å². The number of hydrogen-bond donors (Lipinski definition) is 1. The summed E-state index contributed by atoms with van der Waals surface area (Å²) in [6.45, 7) is 7.09. The van der Waals surface area contributed by atoms with Crippen LogP contribution in [-0.2, 0) is 30.6 Å². The highest BCUT2D eigenvalue weighted by atomic mass is 32.2. The van der Waals surface area contributed by atoms with Gasteiger partial charge in [0.05, 0.1) is 5.75 Å². The van der Waals surface area contributed by atoms with Crippen molar-refractivity contribution in [3.63, 3.8) is 0 Å². The molecule has 1 aromatic carbocycles. The molecule has 7 heteroatoms. The first kappa shape index (κ1) is 20.6. The molecule has 1 amide bonds. The van der Waals surface area contributed by atoms with Crippen LogP contribution < -0.4 is 5.32 Å². The van der Waals surface area contributed by atoms with Gasteiger partial charge in [0.2, 0.25) is 5.91 Å². The summed E-state index contributed by atoms with van der Waals surface area (Å²) in [6.07, 6.45) is 2.56. The molecule has 2 aromatic heterocycles. The Hall–Kier alpha value is -2.12. The van der Waals surface area contributed by atoms with Crippen molar-refractivity contribution in [3.05, 3.63) is 57.5 Å². The fraction of sp³-hybridized carbons (Fsp3) is 0.381. The summed E-state index contributed by atoms with van der Waals surface area (Å²) in [5.74, 6) is 1.25. The van der Waals surface area contributed by atoms with E-state index in [1.165, 1.54) is 27.8 Å². The molecule has 0 bridgehead atoms. The lowest BCUT2D eigenvalue weighted by molar-refractivity contribution is -0.113. The number of thiophene rings is 1. The summed E-state index contributed by atoms with van der Waals surface area (Å²) in [5, 5.41) is 14.6. The second kappa shape index (κ2) is 9.89. The maximum Gasteiger partial charge on any atom is 0.234 e. The fourth-order valence-corrected chi connectivity index (χ4v) is 4.67. The van der Waals surface area contributed by atoms with Crippen LogP contribution in [0.25, 0.3) is 0 Å². The molecule has 0 radical (unpaired) electrons. The van der Waals surface area contributed by atoms with E-state index >= 15 is 0 Å². The number of para-hydroxylation sites is 1. The van der Waals surface area contributed by atoms with E-state index in [9.17, 15) is 4.79 Å². The third kappa shape index (κ3) is 4.83. The molecule has 0 aliphatic carbocycles. The van der Waals surface area contributed by atoms with Crippen LogP contribution in [0.5, 0.6) is 0 Å². The summed E-state index contributed by atoms with van der Waals surface area (Å²) in [6, 6.07) is 10.4. The number of hydrogen-bond acceptors (Lipinski definition) is 5. The molecule has 0 aliphatic heterocycles. The minimum absolute atomic E-state index is 0.00828. The van der Waals surface area contributed by atoms with E-state index < -0.39 is 0 Å². The van der Waals surface area contributed by atoms with Gasteiger partial charge in [0.1, 0.15) is 5.82 Å². The number of anilines is 1.